The zero-order valence-electron chi connectivity index (χ0n) is 19.3. The first-order valence-corrected chi connectivity index (χ1v) is 11.4. The Hall–Kier alpha value is -3.78. The fourth-order valence-corrected chi connectivity index (χ4v) is 4.52. The molecule has 0 aliphatic carbocycles. The van der Waals surface area contributed by atoms with Gasteiger partial charge in [0.25, 0.3) is 0 Å². The molecule has 1 atom stereocenters. The molecule has 4 aromatic rings. The number of aromatic nitrogens is 4. The second kappa shape index (κ2) is 9.61. The molecule has 1 saturated heterocycles. The van der Waals surface area contributed by atoms with Gasteiger partial charge in [-0.05, 0) is 23.9 Å². The zero-order chi connectivity index (χ0) is 23.5. The Morgan fingerprint density at radius 3 is 2.79 bits per heavy atom. The molecule has 3 heterocycles. The van der Waals surface area contributed by atoms with Crippen molar-refractivity contribution >= 4 is 22.4 Å². The number of ether oxygens (including phenoxy) is 2. The molecule has 1 aliphatic heterocycles. The summed E-state index contributed by atoms with van der Waals surface area (Å²) in [7, 11) is 3.27. The number of methoxy groups -OCH3 is 2. The van der Waals surface area contributed by atoms with E-state index in [-0.39, 0.29) is 11.8 Å². The maximum atomic E-state index is 13.2. The van der Waals surface area contributed by atoms with Gasteiger partial charge < -0.3 is 14.4 Å². The van der Waals surface area contributed by atoms with E-state index in [1.165, 1.54) is 0 Å². The fraction of sp³-hybridized carbons (Fsp3) is 0.308. The Kier molecular flexibility index (Phi) is 6.22. The number of fused-ring (bicyclic) bond motifs is 1. The molecule has 0 bridgehead atoms. The minimum absolute atomic E-state index is 0.0565. The van der Waals surface area contributed by atoms with Gasteiger partial charge in [-0.2, -0.15) is 5.10 Å². The van der Waals surface area contributed by atoms with Crippen molar-refractivity contribution in [3.05, 3.63) is 66.6 Å². The third-order valence-corrected chi connectivity index (χ3v) is 6.17. The van der Waals surface area contributed by atoms with E-state index in [4.69, 9.17) is 19.6 Å². The van der Waals surface area contributed by atoms with Gasteiger partial charge in [0.05, 0.1) is 12.8 Å². The third kappa shape index (κ3) is 4.24. The van der Waals surface area contributed by atoms with Crippen molar-refractivity contribution in [1.29, 1.82) is 0 Å². The van der Waals surface area contributed by atoms with Gasteiger partial charge in [0.15, 0.2) is 5.82 Å². The second-order valence-corrected chi connectivity index (χ2v) is 8.35. The van der Waals surface area contributed by atoms with Gasteiger partial charge in [0, 0.05) is 62.4 Å². The minimum atomic E-state index is -0.0565. The van der Waals surface area contributed by atoms with Crippen molar-refractivity contribution in [2.24, 2.45) is 0 Å². The quantitative estimate of drug-likeness (QED) is 0.371. The predicted molar refractivity (Wildman–Crippen MR) is 130 cm³/mol. The molecule has 0 N–H and O–H groups in total. The van der Waals surface area contributed by atoms with Gasteiger partial charge in [0.1, 0.15) is 5.82 Å². The van der Waals surface area contributed by atoms with Gasteiger partial charge in [-0.1, -0.05) is 36.4 Å². The summed E-state index contributed by atoms with van der Waals surface area (Å²) >= 11 is 0. The minimum Gasteiger partial charge on any atom is -0.481 e. The first-order chi connectivity index (χ1) is 16.7. The van der Waals surface area contributed by atoms with Crippen molar-refractivity contribution in [2.75, 3.05) is 32.3 Å². The van der Waals surface area contributed by atoms with Crippen LogP contribution >= 0.6 is 0 Å². The number of hydrogen-bond donors (Lipinski definition) is 0. The van der Waals surface area contributed by atoms with E-state index in [0.717, 1.165) is 34.3 Å². The number of amides is 1. The average Bonchev–Trinajstić information content (AvgIpc) is 3.47. The van der Waals surface area contributed by atoms with Gasteiger partial charge >= 0.3 is 0 Å². The summed E-state index contributed by atoms with van der Waals surface area (Å²) in [5, 5.41) is 6.97. The molecule has 1 unspecified atom stereocenters. The molecule has 34 heavy (non-hydrogen) atoms. The number of carbonyl (C=O) groups is 1. The average molecular weight is 458 g/mol. The molecule has 8 nitrogen and oxygen atoms in total. The molecule has 1 aliphatic rings. The van der Waals surface area contributed by atoms with Gasteiger partial charge in [-0.25, -0.2) is 14.6 Å². The van der Waals surface area contributed by atoms with Crippen LogP contribution in [0.1, 0.15) is 24.6 Å². The van der Waals surface area contributed by atoms with Crippen LogP contribution in [0.2, 0.25) is 0 Å². The summed E-state index contributed by atoms with van der Waals surface area (Å²) in [6.45, 7) is 1.86. The lowest BCUT2D eigenvalue weighted by Crippen LogP contribution is -2.24. The Bertz CT molecular complexity index is 1310. The molecule has 5 rings (SSSR count). The molecule has 0 spiro atoms. The molecule has 1 amide bonds. The van der Waals surface area contributed by atoms with Crippen LogP contribution in [0.25, 0.3) is 22.2 Å². The van der Waals surface area contributed by atoms with Crippen LogP contribution in [-0.2, 0) is 16.1 Å². The third-order valence-electron chi connectivity index (χ3n) is 6.17. The molecular weight excluding hydrogens is 430 g/mol. The number of hydrogen-bond acceptors (Lipinski definition) is 6. The summed E-state index contributed by atoms with van der Waals surface area (Å²) in [5.74, 6) is 1.97. The van der Waals surface area contributed by atoms with Crippen LogP contribution in [0.3, 0.4) is 0 Å². The largest absolute Gasteiger partial charge is 0.481 e. The Morgan fingerprint density at radius 2 is 1.94 bits per heavy atom. The van der Waals surface area contributed by atoms with Gasteiger partial charge in [-0.15, -0.1) is 0 Å². The smallest absolute Gasteiger partial charge is 0.227 e. The van der Waals surface area contributed by atoms with Crippen LogP contribution in [0.15, 0.2) is 60.8 Å². The van der Waals surface area contributed by atoms with E-state index in [1.54, 1.807) is 20.4 Å². The van der Waals surface area contributed by atoms with E-state index in [2.05, 4.69) is 23.2 Å². The highest BCUT2D eigenvalue weighted by atomic mass is 16.5. The van der Waals surface area contributed by atoms with Crippen molar-refractivity contribution < 1.29 is 14.3 Å². The number of anilines is 1. The summed E-state index contributed by atoms with van der Waals surface area (Å²) in [6, 6.07) is 17.9. The molecule has 0 radical (unpaired) electrons. The molecule has 0 saturated carbocycles. The molecule has 174 valence electrons. The normalized spacial score (nSPS) is 15.9. The monoisotopic (exact) mass is 457 g/mol. The predicted octanol–water partition coefficient (Wildman–Crippen LogP) is 4.06. The first kappa shape index (κ1) is 22.0. The van der Waals surface area contributed by atoms with Crippen LogP contribution in [0.4, 0.5) is 5.69 Å². The lowest BCUT2D eigenvalue weighted by atomic mass is 10.1. The fourth-order valence-electron chi connectivity index (χ4n) is 4.52. The number of benzene rings is 2. The van der Waals surface area contributed by atoms with Crippen molar-refractivity contribution in [1.82, 2.24) is 19.7 Å². The van der Waals surface area contributed by atoms with E-state index < -0.39 is 0 Å². The number of aryl methyl sites for hydroxylation is 1. The topological polar surface area (TPSA) is 82.4 Å². The van der Waals surface area contributed by atoms with Crippen LogP contribution in [-0.4, -0.2) is 53.0 Å². The standard InChI is InChI=1S/C26H27N5O3/c1-33-14-6-13-31-26(28-25(29-31)19-11-12-27-23(15-19)34-2)20-16-24(32)30(17-20)22-10-5-8-18-7-3-4-9-21(18)22/h3-5,7-12,15,20H,6,13-14,16-17H2,1-2H3. The summed E-state index contributed by atoms with van der Waals surface area (Å²) in [5.41, 5.74) is 1.77. The number of nitrogens with zero attached hydrogens (tertiary/aromatic N) is 5. The summed E-state index contributed by atoms with van der Waals surface area (Å²) in [6.07, 6.45) is 2.88. The van der Waals surface area contributed by atoms with Gasteiger partial charge in [0.2, 0.25) is 11.8 Å². The maximum absolute atomic E-state index is 13.2. The highest BCUT2D eigenvalue weighted by molar-refractivity contribution is 6.05. The van der Waals surface area contributed by atoms with E-state index >= 15 is 0 Å². The van der Waals surface area contributed by atoms with Crippen molar-refractivity contribution in [2.45, 2.75) is 25.3 Å². The highest BCUT2D eigenvalue weighted by Gasteiger charge is 2.35. The number of rotatable bonds is 8. The second-order valence-electron chi connectivity index (χ2n) is 8.35. The van der Waals surface area contributed by atoms with E-state index in [0.29, 0.717) is 37.8 Å². The molecule has 2 aromatic carbocycles. The SMILES string of the molecule is COCCCn1nc(-c2ccnc(OC)c2)nc1C1CC(=O)N(c2cccc3ccccc23)C1. The van der Waals surface area contributed by atoms with E-state index in [1.807, 2.05) is 46.0 Å². The van der Waals surface area contributed by atoms with Gasteiger partial charge in [-0.3, -0.25) is 4.79 Å². The van der Waals surface area contributed by atoms with Crippen LogP contribution in [0.5, 0.6) is 5.88 Å². The Balaban J connectivity index is 1.48. The lowest BCUT2D eigenvalue weighted by Gasteiger charge is -2.19. The molecule has 8 heteroatoms. The molecule has 1 fully saturated rings. The van der Waals surface area contributed by atoms with Crippen LogP contribution < -0.4 is 9.64 Å². The first-order valence-electron chi connectivity index (χ1n) is 11.4. The molecular formula is C26H27N5O3. The Labute approximate surface area is 198 Å². The Morgan fingerprint density at radius 1 is 1.09 bits per heavy atom. The molecule has 2 aromatic heterocycles. The highest BCUT2D eigenvalue weighted by Crippen LogP contribution is 2.35. The number of carbonyl (C=O) groups excluding carboxylic acids is 1. The number of pyridine rings is 1. The maximum Gasteiger partial charge on any atom is 0.227 e. The summed E-state index contributed by atoms with van der Waals surface area (Å²) in [4.78, 5) is 24.1. The summed E-state index contributed by atoms with van der Waals surface area (Å²) < 4.78 is 12.4. The zero-order valence-corrected chi connectivity index (χ0v) is 19.3. The lowest BCUT2D eigenvalue weighted by molar-refractivity contribution is -0.117. The van der Waals surface area contributed by atoms with Crippen molar-refractivity contribution in [3.63, 3.8) is 0 Å². The van der Waals surface area contributed by atoms with E-state index in [9.17, 15) is 4.79 Å². The van der Waals surface area contributed by atoms with Crippen LogP contribution in [0, 0.1) is 0 Å². The van der Waals surface area contributed by atoms with Crippen molar-refractivity contribution in [3.8, 4) is 17.3 Å².